The number of sulfonamides is 1. The molecule has 6 nitrogen and oxygen atoms in total. The average molecular weight is 330 g/mol. The van der Waals surface area contributed by atoms with Crippen molar-refractivity contribution in [2.24, 2.45) is 10.9 Å². The zero-order chi connectivity index (χ0) is 16.6. The largest absolute Gasteiger partial charge is 0.356 e. The summed E-state index contributed by atoms with van der Waals surface area (Å²) in [6.45, 7) is 6.77. The third kappa shape index (κ3) is 6.36. The minimum atomic E-state index is -3.04. The van der Waals surface area contributed by atoms with Gasteiger partial charge < -0.3 is 10.2 Å². The fourth-order valence-electron chi connectivity index (χ4n) is 2.64. The Morgan fingerprint density at radius 2 is 2.09 bits per heavy atom. The van der Waals surface area contributed by atoms with Gasteiger partial charge in [0.1, 0.15) is 0 Å². The number of hydrogen-bond donors (Lipinski definition) is 1. The topological polar surface area (TPSA) is 65.0 Å². The molecule has 0 bridgehead atoms. The average Bonchev–Trinajstić information content (AvgIpc) is 2.47. The lowest BCUT2D eigenvalue weighted by Gasteiger charge is -2.31. The molecule has 0 aromatic rings. The van der Waals surface area contributed by atoms with Gasteiger partial charge in [-0.25, -0.2) is 12.7 Å². The van der Waals surface area contributed by atoms with E-state index in [1.165, 1.54) is 6.26 Å². The van der Waals surface area contributed by atoms with Crippen molar-refractivity contribution in [2.45, 2.75) is 25.7 Å². The molecule has 0 spiro atoms. The van der Waals surface area contributed by atoms with Crippen molar-refractivity contribution >= 4 is 16.0 Å². The van der Waals surface area contributed by atoms with Crippen molar-refractivity contribution in [3.63, 3.8) is 0 Å². The predicted molar refractivity (Wildman–Crippen MR) is 92.6 cm³/mol. The molecule has 0 atom stereocenters. The van der Waals surface area contributed by atoms with E-state index in [0.29, 0.717) is 19.0 Å². The van der Waals surface area contributed by atoms with Gasteiger partial charge in [-0.15, -0.1) is 6.58 Å². The summed E-state index contributed by atoms with van der Waals surface area (Å²) in [5.41, 5.74) is 0. The predicted octanol–water partition coefficient (Wildman–Crippen LogP) is 1.13. The molecule has 22 heavy (non-hydrogen) atoms. The molecule has 0 aromatic heterocycles. The molecule has 1 N–H and O–H groups in total. The summed E-state index contributed by atoms with van der Waals surface area (Å²) >= 11 is 0. The number of unbranched alkanes of at least 4 members (excludes halogenated alkanes) is 1. The highest BCUT2D eigenvalue weighted by Gasteiger charge is 2.24. The van der Waals surface area contributed by atoms with Crippen molar-refractivity contribution in [3.8, 4) is 0 Å². The minimum Gasteiger partial charge on any atom is -0.356 e. The minimum absolute atomic E-state index is 0.497. The van der Waals surface area contributed by atoms with Gasteiger partial charge in [-0.2, -0.15) is 0 Å². The van der Waals surface area contributed by atoms with Gasteiger partial charge >= 0.3 is 0 Å². The second kappa shape index (κ2) is 9.15. The van der Waals surface area contributed by atoms with E-state index in [0.717, 1.165) is 44.7 Å². The van der Waals surface area contributed by atoms with Gasteiger partial charge in [-0.1, -0.05) is 6.08 Å². The summed E-state index contributed by atoms with van der Waals surface area (Å²) in [6, 6.07) is 0. The van der Waals surface area contributed by atoms with Crippen LogP contribution in [0.3, 0.4) is 0 Å². The fraction of sp³-hybridized carbons (Fsp3) is 0.800. The molecule has 1 rings (SSSR count). The molecule has 0 saturated carbocycles. The molecule has 0 unspecified atom stereocenters. The number of nitrogens with one attached hydrogen (secondary N) is 1. The number of hydrogen-bond acceptors (Lipinski definition) is 3. The van der Waals surface area contributed by atoms with Crippen molar-refractivity contribution < 1.29 is 8.42 Å². The van der Waals surface area contributed by atoms with E-state index in [2.05, 4.69) is 21.8 Å². The molecule has 1 heterocycles. The molecule has 1 saturated heterocycles. The molecule has 0 radical (unpaired) electrons. The number of allylic oxidation sites excluding steroid dienone is 1. The van der Waals surface area contributed by atoms with E-state index in [4.69, 9.17) is 0 Å². The zero-order valence-corrected chi connectivity index (χ0v) is 14.9. The van der Waals surface area contributed by atoms with Crippen LogP contribution in [0.15, 0.2) is 17.6 Å². The monoisotopic (exact) mass is 330 g/mol. The first-order valence-corrected chi connectivity index (χ1v) is 9.71. The summed E-state index contributed by atoms with van der Waals surface area (Å²) in [5, 5.41) is 3.40. The quantitative estimate of drug-likeness (QED) is 0.329. The van der Waals surface area contributed by atoms with E-state index in [1.807, 2.05) is 13.1 Å². The maximum absolute atomic E-state index is 11.5. The molecule has 1 aliphatic rings. The molecule has 0 aliphatic carbocycles. The zero-order valence-electron chi connectivity index (χ0n) is 14.1. The lowest BCUT2D eigenvalue weighted by Crippen LogP contribution is -2.44. The first-order valence-electron chi connectivity index (χ1n) is 7.86. The molecule has 7 heteroatoms. The Hall–Kier alpha value is -1.08. The van der Waals surface area contributed by atoms with Crippen molar-refractivity contribution in [2.75, 3.05) is 46.5 Å². The summed E-state index contributed by atoms with van der Waals surface area (Å²) in [6.07, 6.45) is 7.08. The van der Waals surface area contributed by atoms with Crippen LogP contribution in [-0.2, 0) is 10.0 Å². The maximum Gasteiger partial charge on any atom is 0.211 e. The third-order valence-electron chi connectivity index (χ3n) is 4.07. The summed E-state index contributed by atoms with van der Waals surface area (Å²) in [4.78, 5) is 6.42. The van der Waals surface area contributed by atoms with Crippen LogP contribution in [0.4, 0.5) is 0 Å². The Labute approximate surface area is 135 Å². The third-order valence-corrected chi connectivity index (χ3v) is 5.37. The van der Waals surface area contributed by atoms with Gasteiger partial charge in [0.25, 0.3) is 0 Å². The van der Waals surface area contributed by atoms with Crippen LogP contribution in [0, 0.1) is 5.92 Å². The second-order valence-corrected chi connectivity index (χ2v) is 7.87. The first-order chi connectivity index (χ1) is 10.4. The molecule has 128 valence electrons. The fourth-order valence-corrected chi connectivity index (χ4v) is 3.52. The van der Waals surface area contributed by atoms with Gasteiger partial charge in [0.15, 0.2) is 5.96 Å². The lowest BCUT2D eigenvalue weighted by atomic mass is 9.98. The van der Waals surface area contributed by atoms with Gasteiger partial charge in [0.2, 0.25) is 10.0 Å². The highest BCUT2D eigenvalue weighted by atomic mass is 32.2. The highest BCUT2D eigenvalue weighted by Crippen LogP contribution is 2.18. The van der Waals surface area contributed by atoms with E-state index in [1.54, 1.807) is 11.4 Å². The van der Waals surface area contributed by atoms with Crippen molar-refractivity contribution in [3.05, 3.63) is 12.7 Å². The highest BCUT2D eigenvalue weighted by molar-refractivity contribution is 7.88. The maximum atomic E-state index is 11.5. The van der Waals surface area contributed by atoms with Crippen molar-refractivity contribution in [1.82, 2.24) is 14.5 Å². The first kappa shape index (κ1) is 19.0. The summed E-state index contributed by atoms with van der Waals surface area (Å²) in [7, 11) is 0.784. The number of aliphatic imine (C=N–C) groups is 1. The molecular formula is C15H30N4O2S. The molecule has 1 fully saturated rings. The Balaban J connectivity index is 2.34. The van der Waals surface area contributed by atoms with Gasteiger partial charge in [0.05, 0.1) is 6.26 Å². The smallest absolute Gasteiger partial charge is 0.211 e. The van der Waals surface area contributed by atoms with Crippen LogP contribution in [0.2, 0.25) is 0 Å². The Morgan fingerprint density at radius 3 is 2.59 bits per heavy atom. The second-order valence-electron chi connectivity index (χ2n) is 5.89. The summed E-state index contributed by atoms with van der Waals surface area (Å²) < 4.78 is 24.6. The normalized spacial score (nSPS) is 18.2. The number of nitrogens with zero attached hydrogens (tertiary/aromatic N) is 3. The number of guanidine groups is 1. The van der Waals surface area contributed by atoms with Crippen LogP contribution in [0.25, 0.3) is 0 Å². The van der Waals surface area contributed by atoms with Gasteiger partial charge in [-0.3, -0.25) is 4.99 Å². The Morgan fingerprint density at radius 1 is 1.45 bits per heavy atom. The van der Waals surface area contributed by atoms with E-state index in [9.17, 15) is 8.42 Å². The SMILES string of the molecule is C=CCCCN(C)C(=NC)NCC1CCN(S(C)(=O)=O)CC1. The number of piperidine rings is 1. The lowest BCUT2D eigenvalue weighted by molar-refractivity contribution is 0.273. The van der Waals surface area contributed by atoms with Gasteiger partial charge in [-0.05, 0) is 31.6 Å². The van der Waals surface area contributed by atoms with Crippen molar-refractivity contribution in [1.29, 1.82) is 0 Å². The Bertz CT molecular complexity index is 468. The Kier molecular flexibility index (Phi) is 7.89. The van der Waals surface area contributed by atoms with Crippen LogP contribution in [0.1, 0.15) is 25.7 Å². The molecule has 1 aliphatic heterocycles. The van der Waals surface area contributed by atoms with E-state index >= 15 is 0 Å². The standard InChI is InChI=1S/C15H30N4O2S/c1-5-6-7-10-18(3)15(16-2)17-13-14-8-11-19(12-9-14)22(4,20)21/h5,14H,1,6-13H2,2-4H3,(H,16,17). The number of rotatable bonds is 7. The molecule has 0 amide bonds. The molecule has 0 aromatic carbocycles. The van der Waals surface area contributed by atoms with E-state index < -0.39 is 10.0 Å². The van der Waals surface area contributed by atoms with Crippen LogP contribution in [0.5, 0.6) is 0 Å². The van der Waals surface area contributed by atoms with Crippen LogP contribution in [-0.4, -0.2) is 70.1 Å². The van der Waals surface area contributed by atoms with E-state index in [-0.39, 0.29) is 0 Å². The molecular weight excluding hydrogens is 300 g/mol. The van der Waals surface area contributed by atoms with Crippen LogP contribution < -0.4 is 5.32 Å². The summed E-state index contributed by atoms with van der Waals surface area (Å²) in [5.74, 6) is 1.39. The van der Waals surface area contributed by atoms with Gasteiger partial charge in [0, 0.05) is 40.3 Å². The van der Waals surface area contributed by atoms with Crippen LogP contribution >= 0.6 is 0 Å².